The molecular weight excluding hydrogens is 276 g/mol. The molecule has 0 bridgehead atoms. The number of nitrogens with one attached hydrogen (secondary N) is 1. The summed E-state index contributed by atoms with van der Waals surface area (Å²) in [7, 11) is 0. The Labute approximate surface area is 124 Å². The molecule has 0 atom stereocenters. The Balaban J connectivity index is 1.89. The van der Waals surface area contributed by atoms with E-state index in [0.717, 1.165) is 24.8 Å². The summed E-state index contributed by atoms with van der Waals surface area (Å²) in [4.78, 5) is 10.6. The molecule has 0 spiro atoms. The predicted molar refractivity (Wildman–Crippen MR) is 82.3 cm³/mol. The number of hydrogen-bond acceptors (Lipinski definition) is 3. The molecule has 0 aromatic heterocycles. The van der Waals surface area contributed by atoms with Gasteiger partial charge in [0.25, 0.3) is 5.69 Å². The third-order valence-corrected chi connectivity index (χ3v) is 4.49. The molecule has 1 fully saturated rings. The Morgan fingerprint density at radius 2 is 2.05 bits per heavy atom. The van der Waals surface area contributed by atoms with E-state index in [1.807, 2.05) is 0 Å². The number of nitrogens with zero attached hydrogens (tertiary/aromatic N) is 1. The average Bonchev–Trinajstić information content (AvgIpc) is 2.42. The third kappa shape index (κ3) is 3.85. The van der Waals surface area contributed by atoms with Crippen LogP contribution in [0.2, 0.25) is 5.02 Å². The van der Waals surface area contributed by atoms with Gasteiger partial charge >= 0.3 is 0 Å². The van der Waals surface area contributed by atoms with E-state index in [4.69, 9.17) is 11.6 Å². The molecule has 0 saturated heterocycles. The van der Waals surface area contributed by atoms with Crippen molar-refractivity contribution in [1.82, 2.24) is 0 Å². The molecule has 0 radical (unpaired) electrons. The lowest BCUT2D eigenvalue weighted by atomic mass is 9.81. The van der Waals surface area contributed by atoms with Crippen LogP contribution >= 0.6 is 11.6 Å². The van der Waals surface area contributed by atoms with E-state index in [1.165, 1.54) is 31.7 Å². The van der Waals surface area contributed by atoms with Gasteiger partial charge in [-0.25, -0.2) is 0 Å². The molecule has 5 heteroatoms. The van der Waals surface area contributed by atoms with Gasteiger partial charge in [0.05, 0.1) is 9.95 Å². The van der Waals surface area contributed by atoms with E-state index in [0.29, 0.717) is 10.7 Å². The summed E-state index contributed by atoms with van der Waals surface area (Å²) in [6, 6.07) is 4.77. The molecule has 4 nitrogen and oxygen atoms in total. The summed E-state index contributed by atoms with van der Waals surface area (Å²) in [6.45, 7) is 3.05. The second-order valence-corrected chi connectivity index (χ2v) is 6.14. The van der Waals surface area contributed by atoms with Crippen LogP contribution in [0.15, 0.2) is 18.2 Å². The van der Waals surface area contributed by atoms with E-state index in [1.54, 1.807) is 12.1 Å². The monoisotopic (exact) mass is 296 g/mol. The average molecular weight is 297 g/mol. The van der Waals surface area contributed by atoms with Crippen molar-refractivity contribution < 1.29 is 4.92 Å². The highest BCUT2D eigenvalue weighted by atomic mass is 35.5. The first-order chi connectivity index (χ1) is 9.58. The lowest BCUT2D eigenvalue weighted by Crippen LogP contribution is -2.16. The highest BCUT2D eigenvalue weighted by molar-refractivity contribution is 6.33. The second-order valence-electron chi connectivity index (χ2n) is 5.73. The van der Waals surface area contributed by atoms with Crippen molar-refractivity contribution in [3.8, 4) is 0 Å². The number of halogens is 1. The zero-order valence-corrected chi connectivity index (χ0v) is 12.5. The van der Waals surface area contributed by atoms with Crippen LogP contribution in [0.1, 0.15) is 39.0 Å². The molecule has 1 aromatic rings. The van der Waals surface area contributed by atoms with Gasteiger partial charge < -0.3 is 5.32 Å². The van der Waals surface area contributed by atoms with Crippen LogP contribution in [0.5, 0.6) is 0 Å². The van der Waals surface area contributed by atoms with E-state index in [9.17, 15) is 10.1 Å². The first-order valence-electron chi connectivity index (χ1n) is 7.24. The zero-order valence-electron chi connectivity index (χ0n) is 11.8. The fraction of sp³-hybridized carbons (Fsp3) is 0.600. The van der Waals surface area contributed by atoms with Crippen LogP contribution in [0.4, 0.5) is 11.4 Å². The Morgan fingerprint density at radius 1 is 1.35 bits per heavy atom. The molecule has 20 heavy (non-hydrogen) atoms. The quantitative estimate of drug-likeness (QED) is 0.622. The summed E-state index contributed by atoms with van der Waals surface area (Å²) in [5.41, 5.74) is 0.498. The number of nitro benzene ring substituents is 1. The third-order valence-electron chi connectivity index (χ3n) is 4.18. The number of para-hydroxylation sites is 1. The fourth-order valence-electron chi connectivity index (χ4n) is 2.86. The molecule has 2 rings (SSSR count). The topological polar surface area (TPSA) is 55.2 Å². The van der Waals surface area contributed by atoms with Crippen LogP contribution < -0.4 is 5.32 Å². The van der Waals surface area contributed by atoms with Gasteiger partial charge in [-0.3, -0.25) is 10.1 Å². The van der Waals surface area contributed by atoms with Crippen LogP contribution in [0, 0.1) is 22.0 Å². The van der Waals surface area contributed by atoms with Crippen molar-refractivity contribution in [1.29, 1.82) is 0 Å². The van der Waals surface area contributed by atoms with Gasteiger partial charge in [-0.1, -0.05) is 50.3 Å². The minimum atomic E-state index is -0.392. The molecule has 1 aliphatic carbocycles. The van der Waals surface area contributed by atoms with Gasteiger partial charge in [0.15, 0.2) is 0 Å². The Bertz CT molecular complexity index is 471. The van der Waals surface area contributed by atoms with Crippen molar-refractivity contribution in [2.45, 2.75) is 39.0 Å². The van der Waals surface area contributed by atoms with E-state index < -0.39 is 4.92 Å². The minimum Gasteiger partial charge on any atom is -0.378 e. The molecule has 1 aromatic carbocycles. The molecule has 1 N–H and O–H groups in total. The zero-order chi connectivity index (χ0) is 14.5. The molecule has 0 amide bonds. The van der Waals surface area contributed by atoms with Crippen molar-refractivity contribution in [3.63, 3.8) is 0 Å². The van der Waals surface area contributed by atoms with Gasteiger partial charge in [0.1, 0.15) is 5.69 Å². The summed E-state index contributed by atoms with van der Waals surface area (Å²) in [6.07, 6.45) is 6.20. The summed E-state index contributed by atoms with van der Waals surface area (Å²) < 4.78 is 0. The molecule has 0 heterocycles. The smallest absolute Gasteiger partial charge is 0.293 e. The number of nitro groups is 1. The number of benzene rings is 1. The van der Waals surface area contributed by atoms with Crippen molar-refractivity contribution >= 4 is 23.0 Å². The first-order valence-corrected chi connectivity index (χ1v) is 7.62. The fourth-order valence-corrected chi connectivity index (χ4v) is 3.10. The molecule has 0 aliphatic heterocycles. The highest BCUT2D eigenvalue weighted by Gasteiger charge is 2.19. The van der Waals surface area contributed by atoms with Gasteiger partial charge in [-0.2, -0.15) is 0 Å². The van der Waals surface area contributed by atoms with Crippen molar-refractivity contribution in [3.05, 3.63) is 33.3 Å². The van der Waals surface area contributed by atoms with Gasteiger partial charge in [-0.05, 0) is 24.3 Å². The summed E-state index contributed by atoms with van der Waals surface area (Å²) >= 11 is 6.05. The summed E-state index contributed by atoms with van der Waals surface area (Å²) in [5, 5.41) is 14.5. The maximum atomic E-state index is 11.0. The van der Waals surface area contributed by atoms with Crippen LogP contribution in [-0.4, -0.2) is 11.5 Å². The first kappa shape index (κ1) is 15.1. The lowest BCUT2D eigenvalue weighted by molar-refractivity contribution is -0.383. The van der Waals surface area contributed by atoms with Gasteiger partial charge in [0.2, 0.25) is 0 Å². The van der Waals surface area contributed by atoms with Crippen LogP contribution in [0.3, 0.4) is 0 Å². The van der Waals surface area contributed by atoms with Crippen LogP contribution in [-0.2, 0) is 0 Å². The molecule has 1 aliphatic rings. The number of hydrogen-bond donors (Lipinski definition) is 1. The summed E-state index contributed by atoms with van der Waals surface area (Å²) in [5.74, 6) is 1.59. The SMILES string of the molecule is CC1CCC(CCNc2c(Cl)cccc2[N+](=O)[O-])CC1. The Kier molecular flexibility index (Phi) is 5.24. The number of rotatable bonds is 5. The van der Waals surface area contributed by atoms with Crippen molar-refractivity contribution in [2.75, 3.05) is 11.9 Å². The normalized spacial score (nSPS) is 22.5. The van der Waals surface area contributed by atoms with Crippen LogP contribution in [0.25, 0.3) is 0 Å². The minimum absolute atomic E-state index is 0.0507. The molecular formula is C15H21ClN2O2. The maximum Gasteiger partial charge on any atom is 0.293 e. The Morgan fingerprint density at radius 3 is 2.70 bits per heavy atom. The predicted octanol–water partition coefficient (Wildman–Crippen LogP) is 4.88. The standard InChI is InChI=1S/C15H21ClN2O2/c1-11-5-7-12(8-6-11)9-10-17-15-13(16)3-2-4-14(15)18(19)20/h2-4,11-12,17H,5-10H2,1H3. The number of anilines is 1. The van der Waals surface area contributed by atoms with Gasteiger partial charge in [-0.15, -0.1) is 0 Å². The highest BCUT2D eigenvalue weighted by Crippen LogP contribution is 2.33. The molecule has 110 valence electrons. The Hall–Kier alpha value is -1.29. The maximum absolute atomic E-state index is 11.0. The van der Waals surface area contributed by atoms with Gasteiger partial charge in [0, 0.05) is 12.6 Å². The molecule has 0 unspecified atom stereocenters. The van der Waals surface area contributed by atoms with E-state index in [-0.39, 0.29) is 5.69 Å². The lowest BCUT2D eigenvalue weighted by Gasteiger charge is -2.26. The second kappa shape index (κ2) is 6.93. The molecule has 1 saturated carbocycles. The van der Waals surface area contributed by atoms with E-state index in [2.05, 4.69) is 12.2 Å². The largest absolute Gasteiger partial charge is 0.378 e. The van der Waals surface area contributed by atoms with Crippen molar-refractivity contribution in [2.24, 2.45) is 11.8 Å². The van der Waals surface area contributed by atoms with E-state index >= 15 is 0 Å².